The molecule has 0 radical (unpaired) electrons. The Morgan fingerprint density at radius 2 is 2.29 bits per heavy atom. The number of ether oxygens (including phenoxy) is 1. The molecule has 0 amide bonds. The van der Waals surface area contributed by atoms with Gasteiger partial charge in [0.2, 0.25) is 5.82 Å². The third-order valence-electron chi connectivity index (χ3n) is 2.17. The molecule has 0 aliphatic carbocycles. The van der Waals surface area contributed by atoms with Crippen LogP contribution in [0.1, 0.15) is 5.56 Å². The van der Waals surface area contributed by atoms with Crippen molar-refractivity contribution in [3.63, 3.8) is 0 Å². The van der Waals surface area contributed by atoms with E-state index in [9.17, 15) is 19.3 Å². The van der Waals surface area contributed by atoms with E-state index in [1.54, 1.807) is 0 Å². The molecule has 17 heavy (non-hydrogen) atoms. The van der Waals surface area contributed by atoms with E-state index in [0.29, 0.717) is 5.56 Å². The van der Waals surface area contributed by atoms with E-state index >= 15 is 0 Å². The van der Waals surface area contributed by atoms with Gasteiger partial charge in [0.05, 0.1) is 12.0 Å². The zero-order valence-corrected chi connectivity index (χ0v) is 9.05. The molecule has 0 heterocycles. The van der Waals surface area contributed by atoms with Gasteiger partial charge in [-0.15, -0.1) is 0 Å². The van der Waals surface area contributed by atoms with Crippen molar-refractivity contribution in [3.8, 4) is 0 Å². The highest BCUT2D eigenvalue weighted by Gasteiger charge is 2.18. The summed E-state index contributed by atoms with van der Waals surface area (Å²) < 4.78 is 17.4. The Labute approximate surface area is 96.3 Å². The maximum atomic E-state index is 13.0. The molecule has 0 fully saturated rings. The van der Waals surface area contributed by atoms with Crippen molar-refractivity contribution in [1.29, 1.82) is 0 Å². The summed E-state index contributed by atoms with van der Waals surface area (Å²) in [4.78, 5) is 20.7. The molecule has 0 saturated heterocycles. The molecule has 6 nitrogen and oxygen atoms in total. The Balaban J connectivity index is 2.90. The standard InChI is InChI=1S/C10H11FN2O4/c1-17-10(14)8(12)4-6-2-3-7(11)9(5-6)13(15)16/h2-3,5,8H,4,12H2,1H3. The third kappa shape index (κ3) is 3.22. The van der Waals surface area contributed by atoms with Gasteiger partial charge in [0.1, 0.15) is 6.04 Å². The first-order valence-corrected chi connectivity index (χ1v) is 4.72. The van der Waals surface area contributed by atoms with Crippen LogP contribution in [-0.2, 0) is 16.0 Å². The summed E-state index contributed by atoms with van der Waals surface area (Å²) in [5.41, 5.74) is 5.25. The lowest BCUT2D eigenvalue weighted by atomic mass is 10.1. The lowest BCUT2D eigenvalue weighted by molar-refractivity contribution is -0.387. The second-order valence-electron chi connectivity index (χ2n) is 3.38. The van der Waals surface area contributed by atoms with Crippen molar-refractivity contribution in [3.05, 3.63) is 39.7 Å². The van der Waals surface area contributed by atoms with Crippen molar-refractivity contribution >= 4 is 11.7 Å². The van der Waals surface area contributed by atoms with E-state index in [4.69, 9.17) is 5.73 Å². The number of carbonyl (C=O) groups excluding carboxylic acids is 1. The summed E-state index contributed by atoms with van der Waals surface area (Å²) in [5.74, 6) is -1.55. The summed E-state index contributed by atoms with van der Waals surface area (Å²) in [6.07, 6.45) is 0.0494. The predicted molar refractivity (Wildman–Crippen MR) is 56.7 cm³/mol. The Hall–Kier alpha value is -2.02. The number of benzene rings is 1. The molecular weight excluding hydrogens is 231 g/mol. The molecule has 0 spiro atoms. The van der Waals surface area contributed by atoms with E-state index < -0.39 is 28.4 Å². The first-order chi connectivity index (χ1) is 7.95. The summed E-state index contributed by atoms with van der Waals surface area (Å²) >= 11 is 0. The number of methoxy groups -OCH3 is 1. The van der Waals surface area contributed by atoms with Crippen LogP contribution in [0.3, 0.4) is 0 Å². The fourth-order valence-electron chi connectivity index (χ4n) is 1.31. The predicted octanol–water partition coefficient (Wildman–Crippen LogP) is 0.777. The van der Waals surface area contributed by atoms with Crippen molar-refractivity contribution in [2.45, 2.75) is 12.5 Å². The Morgan fingerprint density at radius 1 is 1.65 bits per heavy atom. The maximum absolute atomic E-state index is 13.0. The summed E-state index contributed by atoms with van der Waals surface area (Å²) in [7, 11) is 1.19. The van der Waals surface area contributed by atoms with Gasteiger partial charge < -0.3 is 10.5 Å². The molecule has 0 bridgehead atoms. The summed E-state index contributed by atoms with van der Waals surface area (Å²) in [6, 6.07) is 2.44. The molecule has 92 valence electrons. The lowest BCUT2D eigenvalue weighted by Gasteiger charge is -2.08. The Kier molecular flexibility index (Phi) is 4.11. The van der Waals surface area contributed by atoms with Gasteiger partial charge in [0.25, 0.3) is 0 Å². The van der Waals surface area contributed by atoms with Crippen LogP contribution < -0.4 is 5.73 Å². The highest BCUT2D eigenvalue weighted by Crippen LogP contribution is 2.19. The van der Waals surface area contributed by atoms with Crippen LogP contribution in [0.15, 0.2) is 18.2 Å². The van der Waals surface area contributed by atoms with Crippen molar-refractivity contribution in [2.75, 3.05) is 7.11 Å². The number of esters is 1. The largest absolute Gasteiger partial charge is 0.468 e. The Bertz CT molecular complexity index is 450. The van der Waals surface area contributed by atoms with Crippen LogP contribution in [0.5, 0.6) is 0 Å². The topological polar surface area (TPSA) is 95.5 Å². The molecule has 0 saturated carbocycles. The quantitative estimate of drug-likeness (QED) is 0.478. The van der Waals surface area contributed by atoms with Crippen LogP contribution >= 0.6 is 0 Å². The molecule has 0 aliphatic rings. The number of carbonyl (C=O) groups is 1. The number of halogens is 1. The fourth-order valence-corrected chi connectivity index (χ4v) is 1.31. The zero-order valence-electron chi connectivity index (χ0n) is 9.05. The van der Waals surface area contributed by atoms with E-state index in [1.165, 1.54) is 13.2 Å². The van der Waals surface area contributed by atoms with Gasteiger partial charge in [0.15, 0.2) is 0 Å². The molecule has 0 aliphatic heterocycles. The van der Waals surface area contributed by atoms with Crippen LogP contribution in [0.4, 0.5) is 10.1 Å². The van der Waals surface area contributed by atoms with Crippen molar-refractivity contribution in [2.24, 2.45) is 5.73 Å². The number of nitrogens with two attached hydrogens (primary N) is 1. The number of nitro benzene ring substituents is 1. The van der Waals surface area contributed by atoms with Gasteiger partial charge in [-0.2, -0.15) is 4.39 Å². The number of hydrogen-bond donors (Lipinski definition) is 1. The molecule has 7 heteroatoms. The summed E-state index contributed by atoms with van der Waals surface area (Å²) in [6.45, 7) is 0. The second-order valence-corrected chi connectivity index (χ2v) is 3.38. The molecule has 1 rings (SSSR count). The van der Waals surface area contributed by atoms with Crippen LogP contribution in [0, 0.1) is 15.9 Å². The van der Waals surface area contributed by atoms with Gasteiger partial charge in [0, 0.05) is 6.07 Å². The third-order valence-corrected chi connectivity index (χ3v) is 2.17. The monoisotopic (exact) mass is 242 g/mol. The molecule has 2 N–H and O–H groups in total. The number of nitrogens with zero attached hydrogens (tertiary/aromatic N) is 1. The van der Waals surface area contributed by atoms with Gasteiger partial charge in [-0.1, -0.05) is 6.07 Å². The fraction of sp³-hybridized carbons (Fsp3) is 0.300. The molecule has 1 atom stereocenters. The minimum Gasteiger partial charge on any atom is -0.468 e. The lowest BCUT2D eigenvalue weighted by Crippen LogP contribution is -2.33. The number of rotatable bonds is 4. The average molecular weight is 242 g/mol. The van der Waals surface area contributed by atoms with E-state index in [-0.39, 0.29) is 6.42 Å². The zero-order chi connectivity index (χ0) is 13.0. The smallest absolute Gasteiger partial charge is 0.322 e. The molecular formula is C10H11FN2O4. The molecule has 1 unspecified atom stereocenters. The van der Waals surface area contributed by atoms with E-state index in [0.717, 1.165) is 12.1 Å². The van der Waals surface area contributed by atoms with Crippen molar-refractivity contribution in [1.82, 2.24) is 0 Å². The minimum atomic E-state index is -0.926. The van der Waals surface area contributed by atoms with Gasteiger partial charge in [-0.05, 0) is 18.1 Å². The minimum absolute atomic E-state index is 0.0494. The molecule has 1 aromatic carbocycles. The van der Waals surface area contributed by atoms with Gasteiger partial charge in [-0.25, -0.2) is 0 Å². The Morgan fingerprint density at radius 3 is 2.82 bits per heavy atom. The molecule has 1 aromatic rings. The SMILES string of the molecule is COC(=O)C(N)Cc1ccc(F)c([N+](=O)[O-])c1. The van der Waals surface area contributed by atoms with Gasteiger partial charge in [-0.3, -0.25) is 14.9 Å². The van der Waals surface area contributed by atoms with Crippen molar-refractivity contribution < 1.29 is 18.8 Å². The highest BCUT2D eigenvalue weighted by molar-refractivity contribution is 5.75. The highest BCUT2D eigenvalue weighted by atomic mass is 19.1. The summed E-state index contributed by atoms with van der Waals surface area (Å²) in [5, 5.41) is 10.5. The second kappa shape index (κ2) is 5.35. The molecule has 0 aromatic heterocycles. The average Bonchev–Trinajstić information content (AvgIpc) is 2.30. The normalized spacial score (nSPS) is 11.9. The van der Waals surface area contributed by atoms with E-state index in [2.05, 4.69) is 4.74 Å². The van der Waals surface area contributed by atoms with Gasteiger partial charge >= 0.3 is 11.7 Å². The number of hydrogen-bond acceptors (Lipinski definition) is 5. The van der Waals surface area contributed by atoms with Crippen LogP contribution in [0.2, 0.25) is 0 Å². The first-order valence-electron chi connectivity index (χ1n) is 4.72. The van der Waals surface area contributed by atoms with Crippen LogP contribution in [-0.4, -0.2) is 24.0 Å². The van der Waals surface area contributed by atoms with Crippen LogP contribution in [0.25, 0.3) is 0 Å². The first kappa shape index (κ1) is 13.0. The number of nitro groups is 1. The maximum Gasteiger partial charge on any atom is 0.322 e. The van der Waals surface area contributed by atoms with E-state index in [1.807, 2.05) is 0 Å².